The van der Waals surface area contributed by atoms with Crippen molar-refractivity contribution in [2.45, 2.75) is 90.9 Å². The number of hydrogen-bond donors (Lipinski definition) is 4. The molecule has 0 aliphatic carbocycles. The number of aliphatic hydroxyl groups excluding tert-OH is 4. The summed E-state index contributed by atoms with van der Waals surface area (Å²) in [7, 11) is -6.15. The van der Waals surface area contributed by atoms with Gasteiger partial charge in [0.1, 0.15) is 0 Å². The van der Waals surface area contributed by atoms with Crippen molar-refractivity contribution in [3.8, 4) is 0 Å². The lowest BCUT2D eigenvalue weighted by Gasteiger charge is -2.39. The van der Waals surface area contributed by atoms with Gasteiger partial charge in [0.2, 0.25) is 0 Å². The molecule has 0 spiro atoms. The molecule has 35 heavy (non-hydrogen) atoms. The first-order valence-electron chi connectivity index (χ1n) is 13.2. The van der Waals surface area contributed by atoms with Gasteiger partial charge in [-0.05, 0) is 77.1 Å². The first kappa shape index (κ1) is 35.3. The Labute approximate surface area is 217 Å². The molecular formula is C24H56O8Si3. The Kier molecular flexibility index (Phi) is 16.5. The fourth-order valence-corrected chi connectivity index (χ4v) is 18.2. The van der Waals surface area contributed by atoms with E-state index in [9.17, 15) is 20.4 Å². The van der Waals surface area contributed by atoms with Crippen molar-refractivity contribution in [1.29, 1.82) is 0 Å². The monoisotopic (exact) mass is 556 g/mol. The maximum absolute atomic E-state index is 9.54. The van der Waals surface area contributed by atoms with Gasteiger partial charge in [-0.3, -0.25) is 0 Å². The third-order valence-electron chi connectivity index (χ3n) is 6.84. The lowest BCUT2D eigenvalue weighted by Crippen LogP contribution is -2.52. The minimum absolute atomic E-state index is 0.0723. The summed E-state index contributed by atoms with van der Waals surface area (Å²) in [6.07, 6.45) is 3.13. The molecule has 0 radical (unpaired) electrons. The van der Waals surface area contributed by atoms with E-state index in [4.69, 9.17) is 17.7 Å². The van der Waals surface area contributed by atoms with E-state index >= 15 is 0 Å². The van der Waals surface area contributed by atoms with E-state index in [1.807, 2.05) is 13.8 Å². The fraction of sp³-hybridized carbons (Fsp3) is 1.00. The van der Waals surface area contributed by atoms with Gasteiger partial charge in [-0.1, -0.05) is 13.8 Å². The molecule has 11 heteroatoms. The van der Waals surface area contributed by atoms with Gasteiger partial charge in [-0.15, -0.1) is 0 Å². The second kappa shape index (κ2) is 16.3. The molecule has 212 valence electrons. The second-order valence-electron chi connectivity index (χ2n) is 11.8. The number of ether oxygens (including phenoxy) is 2. The third kappa shape index (κ3) is 14.2. The molecule has 0 rings (SSSR count). The largest absolute Gasteiger partial charge is 0.437 e. The SMILES string of the molecule is CCC(CO)(CO)COCCC[Si](C)(C)O[Si](C)(C)O[Si](C)(C)CCCOCC(CC)(CO)CO. The topological polar surface area (TPSA) is 118 Å². The van der Waals surface area contributed by atoms with Crippen LogP contribution in [0, 0.1) is 10.8 Å². The van der Waals surface area contributed by atoms with E-state index < -0.39 is 36.0 Å². The molecule has 4 N–H and O–H groups in total. The van der Waals surface area contributed by atoms with Crippen molar-refractivity contribution >= 4 is 25.2 Å². The maximum atomic E-state index is 9.54. The lowest BCUT2D eigenvalue weighted by atomic mass is 9.88. The Hall–Kier alpha value is 0.331. The Morgan fingerprint density at radius 3 is 1.14 bits per heavy atom. The van der Waals surface area contributed by atoms with Gasteiger partial charge in [0.05, 0.1) is 39.6 Å². The Morgan fingerprint density at radius 1 is 0.571 bits per heavy atom. The summed E-state index contributed by atoms with van der Waals surface area (Å²) < 4.78 is 24.9. The summed E-state index contributed by atoms with van der Waals surface area (Å²) in [6, 6.07) is 1.93. The van der Waals surface area contributed by atoms with Crippen LogP contribution in [-0.4, -0.2) is 98.5 Å². The van der Waals surface area contributed by atoms with Crippen molar-refractivity contribution in [2.24, 2.45) is 10.8 Å². The van der Waals surface area contributed by atoms with Crippen LogP contribution in [0.15, 0.2) is 0 Å². The summed E-state index contributed by atoms with van der Waals surface area (Å²) in [4.78, 5) is 0. The predicted octanol–water partition coefficient (Wildman–Crippen LogP) is 3.71. The molecule has 0 aliphatic heterocycles. The van der Waals surface area contributed by atoms with Gasteiger partial charge in [0, 0.05) is 24.0 Å². The van der Waals surface area contributed by atoms with Gasteiger partial charge in [0.25, 0.3) is 0 Å². The molecule has 0 amide bonds. The van der Waals surface area contributed by atoms with Crippen LogP contribution in [0.3, 0.4) is 0 Å². The molecule has 0 aromatic heterocycles. The maximum Gasteiger partial charge on any atom is 0.311 e. The van der Waals surface area contributed by atoms with E-state index in [1.54, 1.807) is 0 Å². The van der Waals surface area contributed by atoms with Crippen molar-refractivity contribution in [1.82, 2.24) is 0 Å². The molecule has 0 fully saturated rings. The fourth-order valence-electron chi connectivity index (χ4n) is 4.16. The highest BCUT2D eigenvalue weighted by molar-refractivity contribution is 6.87. The van der Waals surface area contributed by atoms with Gasteiger partial charge < -0.3 is 38.1 Å². The van der Waals surface area contributed by atoms with Crippen LogP contribution in [0.4, 0.5) is 0 Å². The lowest BCUT2D eigenvalue weighted by molar-refractivity contribution is -0.0299. The second-order valence-corrected chi connectivity index (χ2v) is 24.2. The van der Waals surface area contributed by atoms with Crippen LogP contribution < -0.4 is 0 Å². The summed E-state index contributed by atoms with van der Waals surface area (Å²) in [5.41, 5.74) is -1.10. The molecule has 0 saturated heterocycles. The van der Waals surface area contributed by atoms with E-state index in [-0.39, 0.29) is 26.4 Å². The van der Waals surface area contributed by atoms with Crippen LogP contribution in [0.2, 0.25) is 51.4 Å². The summed E-state index contributed by atoms with van der Waals surface area (Å²) >= 11 is 0. The van der Waals surface area contributed by atoms with Crippen LogP contribution >= 0.6 is 0 Å². The molecule has 8 nitrogen and oxygen atoms in total. The average molecular weight is 557 g/mol. The first-order valence-corrected chi connectivity index (χ1v) is 22.2. The normalized spacial score (nSPS) is 14.1. The van der Waals surface area contributed by atoms with Crippen LogP contribution in [0.1, 0.15) is 39.5 Å². The minimum Gasteiger partial charge on any atom is -0.437 e. The van der Waals surface area contributed by atoms with E-state index in [2.05, 4.69) is 39.3 Å². The van der Waals surface area contributed by atoms with E-state index in [0.717, 1.165) is 24.9 Å². The molecule has 0 bridgehead atoms. The number of hydrogen-bond acceptors (Lipinski definition) is 8. The smallest absolute Gasteiger partial charge is 0.311 e. The third-order valence-corrected chi connectivity index (χ3v) is 18.3. The van der Waals surface area contributed by atoms with Crippen LogP contribution in [0.25, 0.3) is 0 Å². The molecule has 0 atom stereocenters. The summed E-state index contributed by atoms with van der Waals surface area (Å²) in [5.74, 6) is 0. The molecular weight excluding hydrogens is 501 g/mol. The zero-order chi connectivity index (χ0) is 27.2. The van der Waals surface area contributed by atoms with Gasteiger partial charge in [-0.2, -0.15) is 0 Å². The van der Waals surface area contributed by atoms with Crippen molar-refractivity contribution < 1.29 is 38.1 Å². The van der Waals surface area contributed by atoms with Crippen molar-refractivity contribution in [2.75, 3.05) is 52.9 Å². The van der Waals surface area contributed by atoms with Gasteiger partial charge >= 0.3 is 8.56 Å². The van der Waals surface area contributed by atoms with Gasteiger partial charge in [-0.25, -0.2) is 0 Å². The quantitative estimate of drug-likeness (QED) is 0.118. The molecule has 0 saturated carbocycles. The zero-order valence-corrected chi connectivity index (χ0v) is 26.8. The van der Waals surface area contributed by atoms with E-state index in [1.165, 1.54) is 0 Å². The molecule has 0 heterocycles. The highest BCUT2D eigenvalue weighted by atomic mass is 28.5. The standard InChI is InChI=1S/C24H56O8Si3/c1-9-23(17-25,18-26)21-29-13-11-15-33(3,4)31-35(7,8)32-34(5,6)16-12-14-30-22-24(10-2,19-27)20-28/h25-28H,9-22H2,1-8H3. The highest BCUT2D eigenvalue weighted by Crippen LogP contribution is 2.27. The van der Waals surface area contributed by atoms with Crippen LogP contribution in [-0.2, 0) is 17.7 Å². The molecule has 0 unspecified atom stereocenters. The molecule has 0 aromatic carbocycles. The van der Waals surface area contributed by atoms with Gasteiger partial charge in [0.15, 0.2) is 16.6 Å². The Morgan fingerprint density at radius 2 is 0.886 bits per heavy atom. The summed E-state index contributed by atoms with van der Waals surface area (Å²) in [5, 5.41) is 38.2. The Balaban J connectivity index is 4.46. The average Bonchev–Trinajstić information content (AvgIpc) is 2.78. The zero-order valence-electron chi connectivity index (χ0n) is 23.8. The van der Waals surface area contributed by atoms with Crippen molar-refractivity contribution in [3.05, 3.63) is 0 Å². The van der Waals surface area contributed by atoms with Crippen molar-refractivity contribution in [3.63, 3.8) is 0 Å². The number of aliphatic hydroxyl groups is 4. The van der Waals surface area contributed by atoms with E-state index in [0.29, 0.717) is 39.3 Å². The Bertz CT molecular complexity index is 490. The highest BCUT2D eigenvalue weighted by Gasteiger charge is 2.39. The van der Waals surface area contributed by atoms with Crippen LogP contribution in [0.5, 0.6) is 0 Å². The molecule has 0 aromatic rings. The predicted molar refractivity (Wildman–Crippen MR) is 149 cm³/mol. The molecule has 0 aliphatic rings. The minimum atomic E-state index is -2.30. The summed E-state index contributed by atoms with van der Waals surface area (Å²) in [6.45, 7) is 18.7. The first-order chi connectivity index (χ1) is 16.2. The number of rotatable bonds is 22.